The second-order valence-electron chi connectivity index (χ2n) is 7.29. The fourth-order valence-corrected chi connectivity index (χ4v) is 4.76. The lowest BCUT2D eigenvalue weighted by atomic mass is 10.1. The molecule has 0 fully saturated rings. The van der Waals surface area contributed by atoms with Crippen LogP contribution in [-0.2, 0) is 35.2 Å². The molecule has 6 heteroatoms. The monoisotopic (exact) mass is 419 g/mol. The summed E-state index contributed by atoms with van der Waals surface area (Å²) in [5.41, 5.74) is 4.01. The quantitative estimate of drug-likeness (QED) is 0.447. The summed E-state index contributed by atoms with van der Waals surface area (Å²) < 4.78 is 29.8. The Morgan fingerprint density at radius 1 is 0.767 bits per heavy atom. The van der Waals surface area contributed by atoms with Gasteiger partial charge in [-0.15, -0.1) is 0 Å². The van der Waals surface area contributed by atoms with Crippen LogP contribution in [0.25, 0.3) is 11.0 Å². The summed E-state index contributed by atoms with van der Waals surface area (Å²) in [6.07, 6.45) is 1.69. The molecule has 0 aliphatic carbocycles. The number of sulfonamides is 1. The van der Waals surface area contributed by atoms with E-state index in [-0.39, 0.29) is 5.75 Å². The Labute approximate surface area is 177 Å². The van der Waals surface area contributed by atoms with E-state index in [0.29, 0.717) is 13.1 Å². The molecule has 0 radical (unpaired) electrons. The summed E-state index contributed by atoms with van der Waals surface area (Å²) in [6, 6.07) is 27.5. The van der Waals surface area contributed by atoms with Gasteiger partial charge in [0.05, 0.1) is 16.8 Å². The van der Waals surface area contributed by atoms with Crippen molar-refractivity contribution in [1.82, 2.24) is 14.3 Å². The summed E-state index contributed by atoms with van der Waals surface area (Å²) in [7, 11) is -3.39. The fourth-order valence-electron chi connectivity index (χ4n) is 3.62. The van der Waals surface area contributed by atoms with Gasteiger partial charge in [0.2, 0.25) is 10.0 Å². The second-order valence-corrected chi connectivity index (χ2v) is 9.10. The Bertz CT molecular complexity index is 1200. The number of nitrogens with zero attached hydrogens (tertiary/aromatic N) is 2. The van der Waals surface area contributed by atoms with Crippen molar-refractivity contribution in [3.05, 3.63) is 102 Å². The Hall–Kier alpha value is -2.96. The minimum atomic E-state index is -3.39. The molecule has 0 amide bonds. The van der Waals surface area contributed by atoms with Gasteiger partial charge in [-0.25, -0.2) is 18.1 Å². The Morgan fingerprint density at radius 2 is 1.40 bits per heavy atom. The van der Waals surface area contributed by atoms with E-state index >= 15 is 0 Å². The zero-order chi connectivity index (χ0) is 20.8. The van der Waals surface area contributed by atoms with E-state index in [0.717, 1.165) is 35.3 Å². The van der Waals surface area contributed by atoms with Crippen LogP contribution in [0.4, 0.5) is 0 Å². The van der Waals surface area contributed by atoms with Crippen LogP contribution in [0.15, 0.2) is 84.9 Å². The van der Waals surface area contributed by atoms with Crippen molar-refractivity contribution in [3.8, 4) is 0 Å². The van der Waals surface area contributed by atoms with Crippen LogP contribution in [0.1, 0.15) is 17.0 Å². The van der Waals surface area contributed by atoms with Crippen LogP contribution in [0.5, 0.6) is 0 Å². The Morgan fingerprint density at radius 3 is 2.13 bits per heavy atom. The van der Waals surface area contributed by atoms with E-state index in [4.69, 9.17) is 4.98 Å². The molecule has 4 aromatic rings. The van der Waals surface area contributed by atoms with Crippen molar-refractivity contribution >= 4 is 21.1 Å². The lowest BCUT2D eigenvalue weighted by molar-refractivity contribution is 0.570. The van der Waals surface area contributed by atoms with Gasteiger partial charge in [-0.05, 0) is 29.7 Å². The minimum absolute atomic E-state index is 0.0145. The zero-order valence-electron chi connectivity index (χ0n) is 16.7. The highest BCUT2D eigenvalue weighted by atomic mass is 32.2. The van der Waals surface area contributed by atoms with Crippen LogP contribution < -0.4 is 4.72 Å². The number of hydrogen-bond donors (Lipinski definition) is 1. The maximum atomic E-state index is 12.5. The summed E-state index contributed by atoms with van der Waals surface area (Å²) in [5, 5.41) is 0. The third kappa shape index (κ3) is 5.14. The molecule has 0 atom stereocenters. The second kappa shape index (κ2) is 9.24. The van der Waals surface area contributed by atoms with Crippen LogP contribution in [0.3, 0.4) is 0 Å². The summed E-state index contributed by atoms with van der Waals surface area (Å²) in [5.74, 6) is 0.960. The van der Waals surface area contributed by atoms with Crippen molar-refractivity contribution in [1.29, 1.82) is 0 Å². The molecule has 1 N–H and O–H groups in total. The molecule has 154 valence electrons. The van der Waals surface area contributed by atoms with Gasteiger partial charge in [0.15, 0.2) is 0 Å². The Balaban J connectivity index is 1.46. The molecule has 4 rings (SSSR count). The van der Waals surface area contributed by atoms with Crippen molar-refractivity contribution < 1.29 is 8.42 Å². The first kappa shape index (κ1) is 20.3. The van der Waals surface area contributed by atoms with Crippen molar-refractivity contribution in [2.45, 2.75) is 25.1 Å². The molecular formula is C24H25N3O2S. The maximum absolute atomic E-state index is 12.5. The summed E-state index contributed by atoms with van der Waals surface area (Å²) >= 11 is 0. The van der Waals surface area contributed by atoms with E-state index < -0.39 is 10.0 Å². The predicted molar refractivity (Wildman–Crippen MR) is 121 cm³/mol. The van der Waals surface area contributed by atoms with E-state index in [9.17, 15) is 8.42 Å². The summed E-state index contributed by atoms with van der Waals surface area (Å²) in [4.78, 5) is 4.80. The lowest BCUT2D eigenvalue weighted by Crippen LogP contribution is -2.29. The standard InChI is InChI=1S/C24H25N3O2S/c28-30(29,19-21-11-5-2-6-12-21)25-17-18-27-23-14-8-7-13-22(23)26-24(27)16-15-20-9-3-1-4-10-20/h1-14,25H,15-19H2. The number of hydrogen-bond acceptors (Lipinski definition) is 3. The Kier molecular flexibility index (Phi) is 6.26. The van der Waals surface area contributed by atoms with E-state index in [1.807, 2.05) is 72.8 Å². The van der Waals surface area contributed by atoms with Gasteiger partial charge < -0.3 is 4.57 Å². The van der Waals surface area contributed by atoms with Crippen molar-refractivity contribution in [2.24, 2.45) is 0 Å². The van der Waals surface area contributed by atoms with E-state index in [1.54, 1.807) is 0 Å². The molecule has 0 spiro atoms. The SMILES string of the molecule is O=S(=O)(Cc1ccccc1)NCCn1c(CCc2ccccc2)nc2ccccc21. The van der Waals surface area contributed by atoms with Crippen LogP contribution in [-0.4, -0.2) is 24.5 Å². The highest BCUT2D eigenvalue weighted by molar-refractivity contribution is 7.88. The molecular weight excluding hydrogens is 394 g/mol. The van der Waals surface area contributed by atoms with Gasteiger partial charge in [0, 0.05) is 19.5 Å². The van der Waals surface area contributed by atoms with Gasteiger partial charge in [-0.1, -0.05) is 72.8 Å². The van der Waals surface area contributed by atoms with Gasteiger partial charge >= 0.3 is 0 Å². The molecule has 0 bridgehead atoms. The first-order valence-corrected chi connectivity index (χ1v) is 11.8. The third-order valence-corrected chi connectivity index (χ3v) is 6.43. The number of aromatic nitrogens is 2. The number of imidazole rings is 1. The van der Waals surface area contributed by atoms with Crippen molar-refractivity contribution in [3.63, 3.8) is 0 Å². The number of benzene rings is 3. The average Bonchev–Trinajstić information content (AvgIpc) is 3.11. The van der Waals surface area contributed by atoms with E-state index in [1.165, 1.54) is 5.56 Å². The third-order valence-electron chi connectivity index (χ3n) is 5.07. The first-order valence-electron chi connectivity index (χ1n) is 10.1. The molecule has 30 heavy (non-hydrogen) atoms. The number of nitrogens with one attached hydrogen (secondary N) is 1. The predicted octanol–water partition coefficient (Wildman–Crippen LogP) is 3.94. The molecule has 5 nitrogen and oxygen atoms in total. The number of rotatable bonds is 9. The molecule has 0 aliphatic heterocycles. The largest absolute Gasteiger partial charge is 0.327 e. The minimum Gasteiger partial charge on any atom is -0.327 e. The van der Waals surface area contributed by atoms with Crippen molar-refractivity contribution in [2.75, 3.05) is 6.54 Å². The molecule has 1 aromatic heterocycles. The highest BCUT2D eigenvalue weighted by Gasteiger charge is 2.14. The van der Waals surface area contributed by atoms with Crippen LogP contribution in [0, 0.1) is 0 Å². The molecule has 3 aromatic carbocycles. The molecule has 0 saturated carbocycles. The van der Waals surface area contributed by atoms with Crippen LogP contribution >= 0.6 is 0 Å². The van der Waals surface area contributed by atoms with Gasteiger partial charge in [0.25, 0.3) is 0 Å². The van der Waals surface area contributed by atoms with Gasteiger partial charge in [0.1, 0.15) is 5.82 Å². The maximum Gasteiger partial charge on any atom is 0.215 e. The van der Waals surface area contributed by atoms with Crippen LogP contribution in [0.2, 0.25) is 0 Å². The average molecular weight is 420 g/mol. The topological polar surface area (TPSA) is 64.0 Å². The first-order chi connectivity index (χ1) is 14.6. The number of para-hydroxylation sites is 2. The normalized spacial score (nSPS) is 11.7. The summed E-state index contributed by atoms with van der Waals surface area (Å²) in [6.45, 7) is 0.868. The number of fused-ring (bicyclic) bond motifs is 1. The van der Waals surface area contributed by atoms with Gasteiger partial charge in [-0.3, -0.25) is 0 Å². The number of aryl methyl sites for hydroxylation is 2. The molecule has 0 saturated heterocycles. The smallest absolute Gasteiger partial charge is 0.215 e. The van der Waals surface area contributed by atoms with E-state index in [2.05, 4.69) is 21.4 Å². The van der Waals surface area contributed by atoms with Gasteiger partial charge in [-0.2, -0.15) is 0 Å². The fraction of sp³-hybridized carbons (Fsp3) is 0.208. The molecule has 0 aliphatic rings. The highest BCUT2D eigenvalue weighted by Crippen LogP contribution is 2.17. The molecule has 0 unspecified atom stereocenters. The zero-order valence-corrected chi connectivity index (χ0v) is 17.6. The lowest BCUT2D eigenvalue weighted by Gasteiger charge is -2.11. The molecule has 1 heterocycles.